The Labute approximate surface area is 135 Å². The van der Waals surface area contributed by atoms with Gasteiger partial charge in [0.1, 0.15) is 0 Å². The van der Waals surface area contributed by atoms with Gasteiger partial charge in [-0.1, -0.05) is 41.9 Å². The van der Waals surface area contributed by atoms with Gasteiger partial charge in [0, 0.05) is 11.0 Å². The van der Waals surface area contributed by atoms with Gasteiger partial charge in [-0.15, -0.1) is 0 Å². The van der Waals surface area contributed by atoms with E-state index >= 15 is 0 Å². The molecule has 2 rings (SSSR count). The average Bonchev–Trinajstić information content (AvgIpc) is 2.43. The van der Waals surface area contributed by atoms with E-state index in [0.717, 1.165) is 35.7 Å². The number of halogens is 1. The number of nitrogens with one attached hydrogen (secondary N) is 1. The molecule has 116 valence electrons. The van der Waals surface area contributed by atoms with Gasteiger partial charge in [0.2, 0.25) is 5.91 Å². The predicted octanol–water partition coefficient (Wildman–Crippen LogP) is 3.44. The Hall–Kier alpha value is -0.870. The van der Waals surface area contributed by atoms with Crippen LogP contribution in [0.5, 0.6) is 0 Å². The Bertz CT molecular complexity index is 486. The lowest BCUT2D eigenvalue weighted by molar-refractivity contribution is -0.122. The van der Waals surface area contributed by atoms with Crippen LogP contribution in [0.15, 0.2) is 28.7 Å². The highest BCUT2D eigenvalue weighted by atomic mass is 79.9. The summed E-state index contributed by atoms with van der Waals surface area (Å²) in [6, 6.07) is 7.72. The van der Waals surface area contributed by atoms with E-state index in [9.17, 15) is 9.90 Å². The third-order valence-electron chi connectivity index (χ3n) is 4.43. The van der Waals surface area contributed by atoms with Gasteiger partial charge in [0.15, 0.2) is 0 Å². The summed E-state index contributed by atoms with van der Waals surface area (Å²) in [5, 5.41) is 13.4. The molecule has 3 nitrogen and oxygen atoms in total. The minimum Gasteiger partial charge on any atom is -0.388 e. The molecule has 0 aromatic heterocycles. The van der Waals surface area contributed by atoms with Crippen molar-refractivity contribution in [2.75, 3.05) is 6.54 Å². The maximum atomic E-state index is 12.0. The molecule has 0 saturated heterocycles. The van der Waals surface area contributed by atoms with E-state index < -0.39 is 5.60 Å². The molecule has 0 spiro atoms. The molecule has 0 radical (unpaired) electrons. The normalized spacial score (nSPS) is 20.0. The zero-order valence-electron chi connectivity index (χ0n) is 12.8. The fourth-order valence-electron chi connectivity index (χ4n) is 2.68. The number of hydrogen-bond acceptors (Lipinski definition) is 2. The molecule has 0 atom stereocenters. The van der Waals surface area contributed by atoms with Crippen LogP contribution in [0.25, 0.3) is 0 Å². The first-order valence-electron chi connectivity index (χ1n) is 7.52. The first-order valence-corrected chi connectivity index (χ1v) is 8.31. The van der Waals surface area contributed by atoms with Crippen LogP contribution < -0.4 is 5.32 Å². The van der Waals surface area contributed by atoms with Crippen LogP contribution in [0.1, 0.15) is 45.1 Å². The summed E-state index contributed by atoms with van der Waals surface area (Å²) in [6.45, 7) is 4.83. The standard InChI is InChI=1S/C17H24BrNO2/c1-16(2)7-9-17(21,10-8-16)12-19-15(20)11-13-3-5-14(18)6-4-13/h3-6,21H,7-12H2,1-2H3,(H,19,20). The molecular weight excluding hydrogens is 330 g/mol. The summed E-state index contributed by atoms with van der Waals surface area (Å²) in [5.41, 5.74) is 0.561. The summed E-state index contributed by atoms with van der Waals surface area (Å²) in [6.07, 6.45) is 3.89. The first-order chi connectivity index (χ1) is 9.78. The van der Waals surface area contributed by atoms with E-state index in [-0.39, 0.29) is 5.91 Å². The van der Waals surface area contributed by atoms with Crippen molar-refractivity contribution in [2.45, 2.75) is 51.6 Å². The summed E-state index contributed by atoms with van der Waals surface area (Å²) in [5.74, 6) is -0.0319. The van der Waals surface area contributed by atoms with Crippen LogP contribution in [0.2, 0.25) is 0 Å². The molecule has 1 saturated carbocycles. The topological polar surface area (TPSA) is 49.3 Å². The molecule has 0 aliphatic heterocycles. The van der Waals surface area contributed by atoms with E-state index in [1.54, 1.807) is 0 Å². The second-order valence-corrected chi connectivity index (χ2v) is 7.88. The zero-order valence-corrected chi connectivity index (χ0v) is 14.4. The monoisotopic (exact) mass is 353 g/mol. The fraction of sp³-hybridized carbons (Fsp3) is 0.588. The van der Waals surface area contributed by atoms with Crippen LogP contribution in [-0.4, -0.2) is 23.2 Å². The third kappa shape index (κ3) is 5.11. The van der Waals surface area contributed by atoms with E-state index in [1.807, 2.05) is 24.3 Å². The van der Waals surface area contributed by atoms with Crippen LogP contribution >= 0.6 is 15.9 Å². The number of benzene rings is 1. The molecule has 2 N–H and O–H groups in total. The second kappa shape index (κ2) is 6.49. The van der Waals surface area contributed by atoms with E-state index in [2.05, 4.69) is 35.1 Å². The molecule has 0 unspecified atom stereocenters. The van der Waals surface area contributed by atoms with Crippen molar-refractivity contribution in [1.29, 1.82) is 0 Å². The summed E-state index contributed by atoms with van der Waals surface area (Å²) in [4.78, 5) is 12.0. The minimum atomic E-state index is -0.731. The van der Waals surface area contributed by atoms with Gasteiger partial charge >= 0.3 is 0 Å². The fourth-order valence-corrected chi connectivity index (χ4v) is 2.95. The minimum absolute atomic E-state index is 0.0319. The number of carbonyl (C=O) groups is 1. The summed E-state index contributed by atoms with van der Waals surface area (Å²) < 4.78 is 1.01. The lowest BCUT2D eigenvalue weighted by Gasteiger charge is -2.40. The molecule has 0 heterocycles. The SMILES string of the molecule is CC1(C)CCC(O)(CNC(=O)Cc2ccc(Br)cc2)CC1. The van der Waals surface area contributed by atoms with Gasteiger partial charge in [0.05, 0.1) is 12.0 Å². The highest BCUT2D eigenvalue weighted by Crippen LogP contribution is 2.39. The van der Waals surface area contributed by atoms with Crippen LogP contribution in [0, 0.1) is 5.41 Å². The smallest absolute Gasteiger partial charge is 0.224 e. The van der Waals surface area contributed by atoms with Gasteiger partial charge < -0.3 is 10.4 Å². The Morgan fingerprint density at radius 1 is 1.19 bits per heavy atom. The van der Waals surface area contributed by atoms with Crippen LogP contribution in [0.3, 0.4) is 0 Å². The van der Waals surface area contributed by atoms with Gasteiger partial charge in [-0.3, -0.25) is 4.79 Å². The molecule has 1 fully saturated rings. The van der Waals surface area contributed by atoms with Gasteiger partial charge in [-0.25, -0.2) is 0 Å². The first kappa shape index (κ1) is 16.5. The van der Waals surface area contributed by atoms with Gasteiger partial charge in [0.25, 0.3) is 0 Å². The van der Waals surface area contributed by atoms with E-state index in [4.69, 9.17) is 0 Å². The Kier molecular flexibility index (Phi) is 5.10. The van der Waals surface area contributed by atoms with E-state index in [0.29, 0.717) is 18.4 Å². The summed E-state index contributed by atoms with van der Waals surface area (Å²) in [7, 11) is 0. The van der Waals surface area contributed by atoms with Crippen LogP contribution in [0.4, 0.5) is 0 Å². The maximum absolute atomic E-state index is 12.0. The highest BCUT2D eigenvalue weighted by Gasteiger charge is 2.36. The van der Waals surface area contributed by atoms with Crippen LogP contribution in [-0.2, 0) is 11.2 Å². The number of hydrogen-bond donors (Lipinski definition) is 2. The molecular formula is C17H24BrNO2. The lowest BCUT2D eigenvalue weighted by Crippen LogP contribution is -2.46. The summed E-state index contributed by atoms with van der Waals surface area (Å²) >= 11 is 3.38. The maximum Gasteiger partial charge on any atom is 0.224 e. The van der Waals surface area contributed by atoms with Gasteiger partial charge in [-0.2, -0.15) is 0 Å². The van der Waals surface area contributed by atoms with Crippen molar-refractivity contribution < 1.29 is 9.90 Å². The van der Waals surface area contributed by atoms with Crippen molar-refractivity contribution >= 4 is 21.8 Å². The number of carbonyl (C=O) groups excluding carboxylic acids is 1. The Morgan fingerprint density at radius 2 is 1.76 bits per heavy atom. The van der Waals surface area contributed by atoms with Crippen molar-refractivity contribution in [3.05, 3.63) is 34.3 Å². The molecule has 1 aromatic carbocycles. The van der Waals surface area contributed by atoms with Gasteiger partial charge in [-0.05, 0) is 48.8 Å². The largest absolute Gasteiger partial charge is 0.388 e. The average molecular weight is 354 g/mol. The second-order valence-electron chi connectivity index (χ2n) is 6.97. The Morgan fingerprint density at radius 3 is 2.33 bits per heavy atom. The predicted molar refractivity (Wildman–Crippen MR) is 88.1 cm³/mol. The van der Waals surface area contributed by atoms with Crippen molar-refractivity contribution in [3.63, 3.8) is 0 Å². The Balaban J connectivity index is 1.80. The lowest BCUT2D eigenvalue weighted by atomic mass is 9.71. The van der Waals surface area contributed by atoms with E-state index in [1.165, 1.54) is 0 Å². The van der Waals surface area contributed by atoms with Crippen molar-refractivity contribution in [1.82, 2.24) is 5.32 Å². The molecule has 21 heavy (non-hydrogen) atoms. The number of amides is 1. The molecule has 0 bridgehead atoms. The zero-order chi connectivity index (χ0) is 15.5. The quantitative estimate of drug-likeness (QED) is 0.870. The van der Waals surface area contributed by atoms with Crippen molar-refractivity contribution in [3.8, 4) is 0 Å². The molecule has 1 aromatic rings. The molecule has 1 aliphatic rings. The number of rotatable bonds is 4. The highest BCUT2D eigenvalue weighted by molar-refractivity contribution is 9.10. The molecule has 1 aliphatic carbocycles. The molecule has 1 amide bonds. The molecule has 4 heteroatoms. The number of aliphatic hydroxyl groups is 1. The van der Waals surface area contributed by atoms with Crippen molar-refractivity contribution in [2.24, 2.45) is 5.41 Å². The third-order valence-corrected chi connectivity index (χ3v) is 4.96.